The molecule has 1 aromatic carbocycles. The minimum Gasteiger partial charge on any atom is -0.484 e. The number of ether oxygens (including phenoxy) is 1. The Morgan fingerprint density at radius 1 is 1.31 bits per heavy atom. The fourth-order valence-electron chi connectivity index (χ4n) is 5.05. The second-order valence-electron chi connectivity index (χ2n) is 8.84. The maximum absolute atomic E-state index is 13.6. The smallest absolute Gasteiger partial charge is 0.292 e. The van der Waals surface area contributed by atoms with E-state index in [0.29, 0.717) is 43.0 Å². The molecule has 5 rings (SSSR count). The monoisotopic (exact) mass is 533 g/mol. The molecule has 3 saturated heterocycles. The van der Waals surface area contributed by atoms with Gasteiger partial charge in [-0.05, 0) is 49.3 Å². The quantitative estimate of drug-likeness (QED) is 0.495. The summed E-state index contributed by atoms with van der Waals surface area (Å²) in [5.41, 5.74) is 4.52. The number of aromatic amines is 1. The molecule has 190 valence electrons. The summed E-state index contributed by atoms with van der Waals surface area (Å²) < 4.78 is 5.39. The molecule has 4 amide bonds. The standard InChI is InChI=1S/C22H24ClN7O5S/c23-12-2-4-13(5-3-12)35-11-15(31)25-21-26-18(27-28-21)19(33)29-8-1-7-22(29)10-16-30(20(22)34)14(17(24)32)6-9-36-16/h2-5,14,16H,1,6-11H2,(H2,24,32)(H2,25,26,27,28,31)/t14-,16?,22?/m1/s1. The van der Waals surface area contributed by atoms with Gasteiger partial charge in [-0.25, -0.2) is 0 Å². The summed E-state index contributed by atoms with van der Waals surface area (Å²) in [5, 5.41) is 9.27. The molecule has 2 unspecified atom stereocenters. The normalized spacial score (nSPS) is 25.2. The minimum atomic E-state index is -1.05. The third kappa shape index (κ3) is 4.37. The number of nitrogens with two attached hydrogens (primary N) is 1. The molecule has 4 heterocycles. The zero-order valence-electron chi connectivity index (χ0n) is 19.1. The van der Waals surface area contributed by atoms with Crippen LogP contribution in [0.3, 0.4) is 0 Å². The van der Waals surface area contributed by atoms with Crippen LogP contribution in [-0.2, 0) is 14.4 Å². The number of nitrogens with one attached hydrogen (secondary N) is 2. The number of amides is 4. The molecule has 3 atom stereocenters. The highest BCUT2D eigenvalue weighted by Gasteiger charge is 2.61. The van der Waals surface area contributed by atoms with Crippen molar-refractivity contribution in [2.45, 2.75) is 42.6 Å². The second-order valence-corrected chi connectivity index (χ2v) is 10.6. The van der Waals surface area contributed by atoms with Crippen LogP contribution in [0.1, 0.15) is 36.3 Å². The Morgan fingerprint density at radius 2 is 2.08 bits per heavy atom. The number of carbonyl (C=O) groups is 4. The van der Waals surface area contributed by atoms with Crippen molar-refractivity contribution in [3.8, 4) is 5.75 Å². The van der Waals surface area contributed by atoms with Crippen LogP contribution in [-0.4, -0.2) is 84.5 Å². The molecule has 12 nitrogen and oxygen atoms in total. The summed E-state index contributed by atoms with van der Waals surface area (Å²) in [7, 11) is 0. The van der Waals surface area contributed by atoms with Crippen molar-refractivity contribution in [2.75, 3.05) is 24.2 Å². The molecule has 14 heteroatoms. The molecule has 2 aromatic rings. The lowest BCUT2D eigenvalue weighted by Gasteiger charge is -2.36. The average Bonchev–Trinajstić information content (AvgIpc) is 3.57. The highest BCUT2D eigenvalue weighted by molar-refractivity contribution is 7.99. The van der Waals surface area contributed by atoms with Gasteiger partial charge in [-0.1, -0.05) is 11.6 Å². The van der Waals surface area contributed by atoms with Crippen molar-refractivity contribution in [2.24, 2.45) is 5.73 Å². The van der Waals surface area contributed by atoms with Gasteiger partial charge in [-0.2, -0.15) is 4.98 Å². The third-order valence-electron chi connectivity index (χ3n) is 6.68. The van der Waals surface area contributed by atoms with E-state index in [1.54, 1.807) is 40.9 Å². The van der Waals surface area contributed by atoms with E-state index in [4.69, 9.17) is 22.1 Å². The van der Waals surface area contributed by atoms with Crippen molar-refractivity contribution in [1.82, 2.24) is 25.0 Å². The van der Waals surface area contributed by atoms with Gasteiger partial charge in [0.1, 0.15) is 17.3 Å². The molecule has 0 saturated carbocycles. The van der Waals surface area contributed by atoms with Gasteiger partial charge in [0, 0.05) is 18.0 Å². The first-order valence-electron chi connectivity index (χ1n) is 11.4. The highest BCUT2D eigenvalue weighted by Crippen LogP contribution is 2.48. The maximum atomic E-state index is 13.6. The van der Waals surface area contributed by atoms with E-state index in [1.807, 2.05) is 0 Å². The Hall–Kier alpha value is -3.32. The molecule has 36 heavy (non-hydrogen) atoms. The van der Waals surface area contributed by atoms with E-state index in [1.165, 1.54) is 4.90 Å². The lowest BCUT2D eigenvalue weighted by atomic mass is 9.94. The summed E-state index contributed by atoms with van der Waals surface area (Å²) in [4.78, 5) is 58.3. The number of H-pyrrole nitrogens is 1. The minimum absolute atomic E-state index is 0.0872. The molecule has 3 aliphatic rings. The Balaban J connectivity index is 1.26. The van der Waals surface area contributed by atoms with Gasteiger partial charge in [-0.15, -0.1) is 16.9 Å². The molecule has 1 spiro atoms. The Labute approximate surface area is 215 Å². The third-order valence-corrected chi connectivity index (χ3v) is 8.18. The number of hydrogen-bond acceptors (Lipinski definition) is 8. The fourth-order valence-corrected chi connectivity index (χ4v) is 6.61. The molecular weight excluding hydrogens is 510 g/mol. The van der Waals surface area contributed by atoms with E-state index in [2.05, 4.69) is 20.5 Å². The van der Waals surface area contributed by atoms with Gasteiger partial charge in [0.25, 0.3) is 11.8 Å². The number of carbonyl (C=O) groups excluding carboxylic acids is 4. The largest absolute Gasteiger partial charge is 0.484 e. The topological polar surface area (TPSA) is 164 Å². The first kappa shape index (κ1) is 24.4. The van der Waals surface area contributed by atoms with Gasteiger partial charge < -0.3 is 20.3 Å². The molecule has 0 bridgehead atoms. The van der Waals surface area contributed by atoms with Crippen LogP contribution in [0.4, 0.5) is 5.95 Å². The highest BCUT2D eigenvalue weighted by atomic mass is 35.5. The van der Waals surface area contributed by atoms with Gasteiger partial charge in [-0.3, -0.25) is 29.6 Å². The van der Waals surface area contributed by atoms with Gasteiger partial charge in [0.2, 0.25) is 23.6 Å². The summed E-state index contributed by atoms with van der Waals surface area (Å²) in [6.45, 7) is 0.0769. The average molecular weight is 534 g/mol. The number of rotatable bonds is 6. The van der Waals surface area contributed by atoms with Gasteiger partial charge >= 0.3 is 0 Å². The van der Waals surface area contributed by atoms with Crippen LogP contribution >= 0.6 is 23.4 Å². The van der Waals surface area contributed by atoms with E-state index >= 15 is 0 Å². The Morgan fingerprint density at radius 3 is 2.83 bits per heavy atom. The predicted octanol–water partition coefficient (Wildman–Crippen LogP) is 1.000. The van der Waals surface area contributed by atoms with Crippen LogP contribution in [0.2, 0.25) is 5.02 Å². The first-order valence-corrected chi connectivity index (χ1v) is 12.9. The molecular formula is C22H24ClN7O5S. The molecule has 3 aliphatic heterocycles. The fraction of sp³-hybridized carbons (Fsp3) is 0.455. The molecule has 4 N–H and O–H groups in total. The van der Waals surface area contributed by atoms with Crippen LogP contribution in [0.25, 0.3) is 0 Å². The van der Waals surface area contributed by atoms with Gasteiger partial charge in [0.05, 0.1) is 5.37 Å². The number of fused-ring (bicyclic) bond motifs is 1. The lowest BCUT2D eigenvalue weighted by Crippen LogP contribution is -2.56. The molecule has 0 aliphatic carbocycles. The summed E-state index contributed by atoms with van der Waals surface area (Å²) >= 11 is 7.43. The zero-order chi connectivity index (χ0) is 25.4. The predicted molar refractivity (Wildman–Crippen MR) is 130 cm³/mol. The number of halogens is 1. The number of benzene rings is 1. The number of hydrogen-bond donors (Lipinski definition) is 3. The van der Waals surface area contributed by atoms with E-state index in [0.717, 1.165) is 5.75 Å². The summed E-state index contributed by atoms with van der Waals surface area (Å²) in [5.74, 6) is -0.783. The number of primary amides is 1. The van der Waals surface area contributed by atoms with E-state index in [9.17, 15) is 19.2 Å². The summed E-state index contributed by atoms with van der Waals surface area (Å²) in [6, 6.07) is 5.88. The summed E-state index contributed by atoms with van der Waals surface area (Å²) in [6.07, 6.45) is 2.06. The number of likely N-dealkylation sites (tertiary alicyclic amines) is 1. The molecule has 1 aromatic heterocycles. The zero-order valence-corrected chi connectivity index (χ0v) is 20.7. The first-order chi connectivity index (χ1) is 17.3. The van der Waals surface area contributed by atoms with Crippen LogP contribution in [0.15, 0.2) is 24.3 Å². The van der Waals surface area contributed by atoms with Crippen molar-refractivity contribution < 1.29 is 23.9 Å². The van der Waals surface area contributed by atoms with Crippen molar-refractivity contribution in [3.63, 3.8) is 0 Å². The van der Waals surface area contributed by atoms with E-state index < -0.39 is 29.3 Å². The van der Waals surface area contributed by atoms with Crippen molar-refractivity contribution in [3.05, 3.63) is 35.1 Å². The van der Waals surface area contributed by atoms with Crippen molar-refractivity contribution >= 4 is 52.9 Å². The van der Waals surface area contributed by atoms with Crippen LogP contribution in [0, 0.1) is 0 Å². The Kier molecular flexibility index (Phi) is 6.51. The van der Waals surface area contributed by atoms with Crippen LogP contribution in [0.5, 0.6) is 5.75 Å². The van der Waals surface area contributed by atoms with Crippen molar-refractivity contribution in [1.29, 1.82) is 0 Å². The number of aromatic nitrogens is 3. The lowest BCUT2D eigenvalue weighted by molar-refractivity contribution is -0.142. The number of thioether (sulfide) groups is 1. The number of nitrogens with zero attached hydrogens (tertiary/aromatic N) is 4. The Bertz CT molecular complexity index is 1210. The second kappa shape index (κ2) is 9.62. The van der Waals surface area contributed by atoms with Gasteiger partial charge in [0.15, 0.2) is 6.61 Å². The van der Waals surface area contributed by atoms with E-state index in [-0.39, 0.29) is 29.7 Å². The maximum Gasteiger partial charge on any atom is 0.292 e. The SMILES string of the molecule is NC(=O)[C@H]1CCSC2CC3(CCCN3C(=O)c3nc(NC(=O)COc4ccc(Cl)cc4)n[nH]3)C(=O)N21. The molecule has 0 radical (unpaired) electrons. The molecule has 3 fully saturated rings. The number of anilines is 1. The van der Waals surface area contributed by atoms with Crippen LogP contribution < -0.4 is 15.8 Å².